The molecule has 1 aromatic heterocycles. The van der Waals surface area contributed by atoms with Crippen LogP contribution in [0.4, 0.5) is 0 Å². The van der Waals surface area contributed by atoms with Gasteiger partial charge in [0.05, 0.1) is 25.3 Å². The molecule has 1 aliphatic rings. The molecule has 4 rings (SSSR count). The number of carbonyl (C=O) groups is 1. The maximum absolute atomic E-state index is 12.7. The fourth-order valence-electron chi connectivity index (χ4n) is 3.16. The second-order valence-electron chi connectivity index (χ2n) is 6.48. The van der Waals surface area contributed by atoms with Crippen molar-refractivity contribution in [2.45, 2.75) is 12.5 Å². The summed E-state index contributed by atoms with van der Waals surface area (Å²) in [6, 6.07) is 19.1. The minimum Gasteiger partial charge on any atom is -0.370 e. The van der Waals surface area contributed by atoms with Crippen LogP contribution in [0.1, 0.15) is 17.4 Å². The number of carbonyl (C=O) groups excluding carboxylic acids is 1. The summed E-state index contributed by atoms with van der Waals surface area (Å²) in [4.78, 5) is 14.5. The van der Waals surface area contributed by atoms with Gasteiger partial charge in [0.1, 0.15) is 6.10 Å². The smallest absolute Gasteiger partial charge is 0.228 e. The highest BCUT2D eigenvalue weighted by molar-refractivity contribution is 6.30. The molecule has 1 saturated heterocycles. The van der Waals surface area contributed by atoms with E-state index in [0.717, 1.165) is 11.1 Å². The number of halogens is 1. The Morgan fingerprint density at radius 2 is 1.93 bits per heavy atom. The SMILES string of the molecule is O=C(Cc1cc(-c2ccc(Cl)cc2)on1)N1CCOC(c2ccccc2)C1. The quantitative estimate of drug-likeness (QED) is 0.680. The zero-order valence-corrected chi connectivity index (χ0v) is 15.4. The van der Waals surface area contributed by atoms with E-state index in [-0.39, 0.29) is 18.4 Å². The molecule has 0 spiro atoms. The number of rotatable bonds is 4. The highest BCUT2D eigenvalue weighted by Gasteiger charge is 2.26. The Hall–Kier alpha value is -2.63. The lowest BCUT2D eigenvalue weighted by Gasteiger charge is -2.33. The van der Waals surface area contributed by atoms with Gasteiger partial charge < -0.3 is 14.2 Å². The van der Waals surface area contributed by atoms with Crippen molar-refractivity contribution >= 4 is 17.5 Å². The van der Waals surface area contributed by atoms with Crippen molar-refractivity contribution < 1.29 is 14.1 Å². The van der Waals surface area contributed by atoms with Crippen LogP contribution in [-0.2, 0) is 16.0 Å². The first kappa shape index (κ1) is 17.8. The van der Waals surface area contributed by atoms with Crippen molar-refractivity contribution in [3.63, 3.8) is 0 Å². The summed E-state index contributed by atoms with van der Waals surface area (Å²) >= 11 is 5.91. The van der Waals surface area contributed by atoms with Gasteiger partial charge in [0, 0.05) is 23.2 Å². The molecule has 138 valence electrons. The minimum absolute atomic E-state index is 0.0233. The summed E-state index contributed by atoms with van der Waals surface area (Å²) < 4.78 is 11.2. The second kappa shape index (κ2) is 7.94. The van der Waals surface area contributed by atoms with E-state index in [1.165, 1.54) is 0 Å². The predicted octanol–water partition coefficient (Wildman–Crippen LogP) is 4.14. The maximum atomic E-state index is 12.7. The topological polar surface area (TPSA) is 55.6 Å². The monoisotopic (exact) mass is 382 g/mol. The van der Waals surface area contributed by atoms with Gasteiger partial charge in [0.15, 0.2) is 5.76 Å². The lowest BCUT2D eigenvalue weighted by molar-refractivity contribution is -0.138. The molecule has 1 atom stereocenters. The predicted molar refractivity (Wildman–Crippen MR) is 102 cm³/mol. The van der Waals surface area contributed by atoms with Crippen molar-refractivity contribution in [2.24, 2.45) is 0 Å². The molecule has 27 heavy (non-hydrogen) atoms. The zero-order valence-electron chi connectivity index (χ0n) is 14.7. The third-order valence-corrected chi connectivity index (χ3v) is 4.86. The van der Waals surface area contributed by atoms with Gasteiger partial charge in [-0.2, -0.15) is 0 Å². The van der Waals surface area contributed by atoms with Gasteiger partial charge in [-0.1, -0.05) is 47.1 Å². The third kappa shape index (κ3) is 4.21. The van der Waals surface area contributed by atoms with E-state index in [2.05, 4.69) is 5.16 Å². The van der Waals surface area contributed by atoms with E-state index < -0.39 is 0 Å². The number of morpholine rings is 1. The first-order valence-electron chi connectivity index (χ1n) is 8.85. The van der Waals surface area contributed by atoms with Gasteiger partial charge in [0.2, 0.25) is 5.91 Å². The first-order chi connectivity index (χ1) is 13.2. The highest BCUT2D eigenvalue weighted by Crippen LogP contribution is 2.24. The van der Waals surface area contributed by atoms with Crippen molar-refractivity contribution in [1.82, 2.24) is 10.1 Å². The van der Waals surface area contributed by atoms with Crippen LogP contribution in [0.3, 0.4) is 0 Å². The summed E-state index contributed by atoms with van der Waals surface area (Å²) in [7, 11) is 0. The van der Waals surface area contributed by atoms with E-state index in [9.17, 15) is 4.79 Å². The molecule has 5 nitrogen and oxygen atoms in total. The molecule has 1 aliphatic heterocycles. The second-order valence-corrected chi connectivity index (χ2v) is 6.91. The molecule has 1 amide bonds. The molecule has 1 unspecified atom stereocenters. The van der Waals surface area contributed by atoms with Crippen molar-refractivity contribution in [3.05, 3.63) is 76.9 Å². The summed E-state index contributed by atoms with van der Waals surface area (Å²) in [5, 5.41) is 4.70. The Labute approximate surface area is 162 Å². The van der Waals surface area contributed by atoms with Gasteiger partial charge in [-0.25, -0.2) is 0 Å². The molecule has 0 radical (unpaired) electrons. The maximum Gasteiger partial charge on any atom is 0.228 e. The van der Waals surface area contributed by atoms with Crippen LogP contribution >= 0.6 is 11.6 Å². The number of aromatic nitrogens is 1. The number of hydrogen-bond acceptors (Lipinski definition) is 4. The van der Waals surface area contributed by atoms with Crippen molar-refractivity contribution in [2.75, 3.05) is 19.7 Å². The molecule has 0 aliphatic carbocycles. The molecule has 2 aromatic carbocycles. The molecule has 1 fully saturated rings. The summed E-state index contributed by atoms with van der Waals surface area (Å²) in [5.41, 5.74) is 2.58. The summed E-state index contributed by atoms with van der Waals surface area (Å²) in [6.45, 7) is 1.66. The molecular formula is C21H19ClN2O3. The van der Waals surface area contributed by atoms with E-state index in [0.29, 0.717) is 36.2 Å². The fraction of sp³-hybridized carbons (Fsp3) is 0.238. The lowest BCUT2D eigenvalue weighted by Crippen LogP contribution is -2.43. The Morgan fingerprint density at radius 3 is 2.70 bits per heavy atom. The standard InChI is InChI=1S/C21H19ClN2O3/c22-17-8-6-16(7-9-17)19-12-18(23-27-19)13-21(25)24-10-11-26-20(14-24)15-4-2-1-3-5-15/h1-9,12,20H,10-11,13-14H2. The molecule has 0 saturated carbocycles. The number of amides is 1. The van der Waals surface area contributed by atoms with Crippen LogP contribution in [0, 0.1) is 0 Å². The van der Waals surface area contributed by atoms with Crippen LogP contribution < -0.4 is 0 Å². The first-order valence-corrected chi connectivity index (χ1v) is 9.23. The van der Waals surface area contributed by atoms with Crippen LogP contribution in [0.5, 0.6) is 0 Å². The molecule has 0 N–H and O–H groups in total. The molecule has 0 bridgehead atoms. The fourth-order valence-corrected chi connectivity index (χ4v) is 3.28. The normalized spacial score (nSPS) is 17.1. The van der Waals surface area contributed by atoms with E-state index >= 15 is 0 Å². The van der Waals surface area contributed by atoms with Crippen LogP contribution in [-0.4, -0.2) is 35.7 Å². The minimum atomic E-state index is -0.0918. The number of ether oxygens (including phenoxy) is 1. The van der Waals surface area contributed by atoms with Crippen LogP contribution in [0.2, 0.25) is 5.02 Å². The summed E-state index contributed by atoms with van der Waals surface area (Å²) in [5.74, 6) is 0.647. The number of nitrogens with zero attached hydrogens (tertiary/aromatic N) is 2. The third-order valence-electron chi connectivity index (χ3n) is 4.61. The Morgan fingerprint density at radius 1 is 1.15 bits per heavy atom. The van der Waals surface area contributed by atoms with Gasteiger partial charge in [-0.3, -0.25) is 4.79 Å². The lowest BCUT2D eigenvalue weighted by atomic mass is 10.1. The summed E-state index contributed by atoms with van der Waals surface area (Å²) in [6.07, 6.45) is 0.115. The Bertz CT molecular complexity index is 909. The Kier molecular flexibility index (Phi) is 5.23. The zero-order chi connectivity index (χ0) is 18.6. The number of hydrogen-bond donors (Lipinski definition) is 0. The average Bonchev–Trinajstić information content (AvgIpc) is 3.18. The van der Waals surface area contributed by atoms with Gasteiger partial charge >= 0.3 is 0 Å². The highest BCUT2D eigenvalue weighted by atomic mass is 35.5. The molecule has 3 aromatic rings. The van der Waals surface area contributed by atoms with Gasteiger partial charge in [-0.15, -0.1) is 0 Å². The van der Waals surface area contributed by atoms with E-state index in [1.807, 2.05) is 47.4 Å². The van der Waals surface area contributed by atoms with Crippen molar-refractivity contribution in [3.8, 4) is 11.3 Å². The van der Waals surface area contributed by atoms with Crippen molar-refractivity contribution in [1.29, 1.82) is 0 Å². The van der Waals surface area contributed by atoms with E-state index in [4.69, 9.17) is 20.9 Å². The van der Waals surface area contributed by atoms with Gasteiger partial charge in [-0.05, 0) is 29.8 Å². The average molecular weight is 383 g/mol. The molecule has 6 heteroatoms. The number of benzene rings is 2. The van der Waals surface area contributed by atoms with Crippen LogP contribution in [0.25, 0.3) is 11.3 Å². The molecule has 2 heterocycles. The van der Waals surface area contributed by atoms with Gasteiger partial charge in [0.25, 0.3) is 0 Å². The van der Waals surface area contributed by atoms with E-state index in [1.54, 1.807) is 18.2 Å². The largest absolute Gasteiger partial charge is 0.370 e. The molecular weight excluding hydrogens is 364 g/mol. The Balaban J connectivity index is 1.41. The van der Waals surface area contributed by atoms with Crippen LogP contribution in [0.15, 0.2) is 65.2 Å².